The Balaban J connectivity index is 1.90. The maximum atomic E-state index is 10.3. The highest BCUT2D eigenvalue weighted by molar-refractivity contribution is 4.91. The molecule has 0 aromatic carbocycles. The summed E-state index contributed by atoms with van der Waals surface area (Å²) in [7, 11) is 0. The number of aliphatic hydroxyl groups excluding tert-OH is 1. The van der Waals surface area contributed by atoms with Gasteiger partial charge in [0.1, 0.15) is 12.2 Å². The molecule has 0 radical (unpaired) electrons. The largest absolute Gasteiger partial charge is 0.390 e. The van der Waals surface area contributed by atoms with Gasteiger partial charge in [-0.3, -0.25) is 9.58 Å². The standard InChI is InChI=1S/C13H24N4O2/c1-3-5-16-6-7-19-12(9-16)11(18)8-13-14-10-15-17(13)4-2/h10-12,18H,3-9H2,1-2H3. The highest BCUT2D eigenvalue weighted by Gasteiger charge is 2.27. The molecule has 0 saturated carbocycles. The van der Waals surface area contributed by atoms with Gasteiger partial charge in [-0.1, -0.05) is 6.92 Å². The Morgan fingerprint density at radius 3 is 3.11 bits per heavy atom. The van der Waals surface area contributed by atoms with E-state index < -0.39 is 6.10 Å². The third kappa shape index (κ3) is 3.75. The number of morpholine rings is 1. The van der Waals surface area contributed by atoms with Gasteiger partial charge in [0, 0.05) is 26.1 Å². The fourth-order valence-electron chi connectivity index (χ4n) is 2.51. The summed E-state index contributed by atoms with van der Waals surface area (Å²) in [5, 5.41) is 14.4. The monoisotopic (exact) mass is 268 g/mol. The van der Waals surface area contributed by atoms with Crippen LogP contribution < -0.4 is 0 Å². The number of aliphatic hydroxyl groups is 1. The van der Waals surface area contributed by atoms with E-state index in [0.717, 1.165) is 38.4 Å². The molecule has 2 atom stereocenters. The van der Waals surface area contributed by atoms with E-state index in [-0.39, 0.29) is 6.10 Å². The van der Waals surface area contributed by atoms with Gasteiger partial charge in [0.2, 0.25) is 0 Å². The third-order valence-electron chi connectivity index (χ3n) is 3.53. The van der Waals surface area contributed by atoms with E-state index in [4.69, 9.17) is 4.74 Å². The van der Waals surface area contributed by atoms with Crippen molar-refractivity contribution in [2.75, 3.05) is 26.2 Å². The van der Waals surface area contributed by atoms with E-state index in [0.29, 0.717) is 13.0 Å². The number of hydrogen-bond acceptors (Lipinski definition) is 5. The second-order valence-electron chi connectivity index (χ2n) is 4.97. The van der Waals surface area contributed by atoms with Crippen LogP contribution in [0.1, 0.15) is 26.1 Å². The Kier molecular flexibility index (Phi) is 5.30. The normalized spacial score (nSPS) is 22.6. The molecule has 1 aromatic heterocycles. The van der Waals surface area contributed by atoms with Gasteiger partial charge in [-0.15, -0.1) is 0 Å². The van der Waals surface area contributed by atoms with Gasteiger partial charge in [0.05, 0.1) is 18.8 Å². The topological polar surface area (TPSA) is 63.4 Å². The molecule has 6 heteroatoms. The number of nitrogens with zero attached hydrogens (tertiary/aromatic N) is 4. The number of ether oxygens (including phenoxy) is 1. The molecule has 1 aliphatic heterocycles. The Bertz CT molecular complexity index is 380. The van der Waals surface area contributed by atoms with Crippen molar-refractivity contribution in [3.05, 3.63) is 12.2 Å². The van der Waals surface area contributed by atoms with E-state index in [1.807, 2.05) is 11.6 Å². The van der Waals surface area contributed by atoms with Gasteiger partial charge in [-0.2, -0.15) is 5.10 Å². The van der Waals surface area contributed by atoms with E-state index in [1.165, 1.54) is 6.33 Å². The molecule has 2 unspecified atom stereocenters. The number of aromatic nitrogens is 3. The molecule has 0 amide bonds. The molecular weight excluding hydrogens is 244 g/mol. The molecule has 1 N–H and O–H groups in total. The van der Waals surface area contributed by atoms with Crippen LogP contribution in [0.5, 0.6) is 0 Å². The fourth-order valence-corrected chi connectivity index (χ4v) is 2.51. The number of rotatable bonds is 6. The zero-order chi connectivity index (χ0) is 13.7. The molecule has 1 aromatic rings. The van der Waals surface area contributed by atoms with Gasteiger partial charge in [0.15, 0.2) is 0 Å². The van der Waals surface area contributed by atoms with Crippen LogP contribution in [-0.2, 0) is 17.7 Å². The lowest BCUT2D eigenvalue weighted by atomic mass is 10.1. The molecule has 0 bridgehead atoms. The lowest BCUT2D eigenvalue weighted by molar-refractivity contribution is -0.0884. The molecule has 0 aliphatic carbocycles. The first-order chi connectivity index (χ1) is 9.24. The Hall–Kier alpha value is -0.980. The highest BCUT2D eigenvalue weighted by Crippen LogP contribution is 2.12. The summed E-state index contributed by atoms with van der Waals surface area (Å²) in [5.41, 5.74) is 0. The summed E-state index contributed by atoms with van der Waals surface area (Å²) in [6.07, 6.45) is 2.53. The minimum absolute atomic E-state index is 0.123. The summed E-state index contributed by atoms with van der Waals surface area (Å²) in [5.74, 6) is 0.825. The molecule has 6 nitrogen and oxygen atoms in total. The van der Waals surface area contributed by atoms with Crippen molar-refractivity contribution < 1.29 is 9.84 Å². The third-order valence-corrected chi connectivity index (χ3v) is 3.53. The summed E-state index contributed by atoms with van der Waals surface area (Å²) in [4.78, 5) is 6.55. The van der Waals surface area contributed by atoms with E-state index in [1.54, 1.807) is 0 Å². The first kappa shape index (κ1) is 14.4. The summed E-state index contributed by atoms with van der Waals surface area (Å²) >= 11 is 0. The van der Waals surface area contributed by atoms with Crippen LogP contribution >= 0.6 is 0 Å². The van der Waals surface area contributed by atoms with Gasteiger partial charge in [0.25, 0.3) is 0 Å². The van der Waals surface area contributed by atoms with Crippen molar-refractivity contribution in [3.8, 4) is 0 Å². The van der Waals surface area contributed by atoms with Crippen LogP contribution in [0.2, 0.25) is 0 Å². The number of hydrogen-bond donors (Lipinski definition) is 1. The maximum absolute atomic E-state index is 10.3. The first-order valence-corrected chi connectivity index (χ1v) is 7.13. The Morgan fingerprint density at radius 2 is 2.37 bits per heavy atom. The van der Waals surface area contributed by atoms with Crippen LogP contribution in [0.3, 0.4) is 0 Å². The molecule has 0 spiro atoms. The predicted octanol–water partition coefficient (Wildman–Crippen LogP) is 0.312. The zero-order valence-electron chi connectivity index (χ0n) is 11.8. The fraction of sp³-hybridized carbons (Fsp3) is 0.846. The van der Waals surface area contributed by atoms with Crippen molar-refractivity contribution in [2.45, 2.75) is 45.4 Å². The molecule has 1 aliphatic rings. The van der Waals surface area contributed by atoms with Crippen LogP contribution in [0.25, 0.3) is 0 Å². The van der Waals surface area contributed by atoms with Crippen molar-refractivity contribution in [1.82, 2.24) is 19.7 Å². The van der Waals surface area contributed by atoms with Gasteiger partial charge in [-0.25, -0.2) is 4.98 Å². The lowest BCUT2D eigenvalue weighted by Crippen LogP contribution is -2.48. The SMILES string of the molecule is CCCN1CCOC(C(O)Cc2ncnn2CC)C1. The lowest BCUT2D eigenvalue weighted by Gasteiger charge is -2.34. The molecule has 2 rings (SSSR count). The zero-order valence-corrected chi connectivity index (χ0v) is 11.8. The van der Waals surface area contributed by atoms with Gasteiger partial charge < -0.3 is 9.84 Å². The smallest absolute Gasteiger partial charge is 0.138 e. The quantitative estimate of drug-likeness (QED) is 0.804. The van der Waals surface area contributed by atoms with Crippen LogP contribution in [0.15, 0.2) is 6.33 Å². The van der Waals surface area contributed by atoms with Crippen LogP contribution in [0, 0.1) is 0 Å². The Labute approximate surface area is 114 Å². The average Bonchev–Trinajstić information content (AvgIpc) is 2.86. The van der Waals surface area contributed by atoms with Gasteiger partial charge in [-0.05, 0) is 19.9 Å². The molecule has 1 saturated heterocycles. The molecule has 1 fully saturated rings. The predicted molar refractivity (Wildman–Crippen MR) is 71.9 cm³/mol. The van der Waals surface area contributed by atoms with Crippen molar-refractivity contribution >= 4 is 0 Å². The van der Waals surface area contributed by atoms with Crippen molar-refractivity contribution in [2.24, 2.45) is 0 Å². The highest BCUT2D eigenvalue weighted by atomic mass is 16.5. The second-order valence-corrected chi connectivity index (χ2v) is 4.97. The summed E-state index contributed by atoms with van der Waals surface area (Å²) < 4.78 is 7.50. The minimum atomic E-state index is -0.519. The average molecular weight is 268 g/mol. The molecule has 2 heterocycles. The van der Waals surface area contributed by atoms with Crippen molar-refractivity contribution in [1.29, 1.82) is 0 Å². The minimum Gasteiger partial charge on any atom is -0.390 e. The Morgan fingerprint density at radius 1 is 1.53 bits per heavy atom. The van der Waals surface area contributed by atoms with Gasteiger partial charge >= 0.3 is 0 Å². The second kappa shape index (κ2) is 6.98. The first-order valence-electron chi connectivity index (χ1n) is 7.13. The summed E-state index contributed by atoms with van der Waals surface area (Å²) in [6, 6.07) is 0. The van der Waals surface area contributed by atoms with Crippen LogP contribution in [0.4, 0.5) is 0 Å². The van der Waals surface area contributed by atoms with Crippen LogP contribution in [-0.4, -0.2) is 63.2 Å². The van der Waals surface area contributed by atoms with E-state index >= 15 is 0 Å². The molecule has 108 valence electrons. The molecular formula is C13H24N4O2. The van der Waals surface area contributed by atoms with E-state index in [9.17, 15) is 5.11 Å². The number of aryl methyl sites for hydroxylation is 1. The maximum Gasteiger partial charge on any atom is 0.138 e. The molecule has 19 heavy (non-hydrogen) atoms. The van der Waals surface area contributed by atoms with E-state index in [2.05, 4.69) is 21.9 Å². The summed E-state index contributed by atoms with van der Waals surface area (Å²) in [6.45, 7) is 8.49. The van der Waals surface area contributed by atoms with Crippen molar-refractivity contribution in [3.63, 3.8) is 0 Å².